The van der Waals surface area contributed by atoms with E-state index in [-0.39, 0.29) is 0 Å². The van der Waals surface area contributed by atoms with E-state index in [1.165, 1.54) is 0 Å². The molecule has 1 aliphatic heterocycles. The van der Waals surface area contributed by atoms with Crippen molar-refractivity contribution in [2.75, 3.05) is 0 Å². The summed E-state index contributed by atoms with van der Waals surface area (Å²) in [6.07, 6.45) is 1.56. The standard InChI is InChI=1S/C3H6Ge/c1-2-4-3-1/h1-3H2. The van der Waals surface area contributed by atoms with E-state index >= 15 is 0 Å². The molecule has 0 aromatic heterocycles. The zero-order valence-electron chi connectivity index (χ0n) is 2.62. The topological polar surface area (TPSA) is 0 Å². The summed E-state index contributed by atoms with van der Waals surface area (Å²) in [5.41, 5.74) is 0. The average molecular weight is 115 g/mol. The van der Waals surface area contributed by atoms with Crippen molar-refractivity contribution >= 4 is 15.4 Å². The van der Waals surface area contributed by atoms with Crippen LogP contribution in [0.15, 0.2) is 0 Å². The molecule has 0 nitrogen and oxygen atoms in total. The Balaban J connectivity index is 2.00. The van der Waals surface area contributed by atoms with Gasteiger partial charge in [0.05, 0.1) is 0 Å². The Kier molecular flexibility index (Phi) is 0.767. The first-order chi connectivity index (χ1) is 2.00. The molecule has 0 aromatic rings. The van der Waals surface area contributed by atoms with Crippen LogP contribution in [0, 0.1) is 0 Å². The molecule has 1 heteroatoms. The summed E-state index contributed by atoms with van der Waals surface area (Å²) in [6, 6.07) is 0. The van der Waals surface area contributed by atoms with E-state index in [0.717, 1.165) is 0 Å². The van der Waals surface area contributed by atoms with Crippen LogP contribution in [-0.4, -0.2) is 15.4 Å². The van der Waals surface area contributed by atoms with Crippen LogP contribution in [0.4, 0.5) is 0 Å². The quantitative estimate of drug-likeness (QED) is 0.411. The molecule has 1 heterocycles. The summed E-state index contributed by atoms with van der Waals surface area (Å²) in [5, 5.41) is 3.25. The number of hydrogen-bond donors (Lipinski definition) is 0. The molecule has 0 N–H and O–H groups in total. The molecule has 0 aliphatic carbocycles. The molecule has 2 radical (unpaired) electrons. The minimum absolute atomic E-state index is 0.694. The maximum atomic E-state index is 1.62. The molecule has 22 valence electrons. The first kappa shape index (κ1) is 2.76. The monoisotopic (exact) mass is 116 g/mol. The molecule has 1 saturated heterocycles. The molecule has 1 aliphatic rings. The SMILES string of the molecule is C1[CH2][Ge][CH2]1. The number of hydrogen-bond acceptors (Lipinski definition) is 0. The Labute approximate surface area is 33.1 Å². The molecular weight excluding hydrogens is 109 g/mol. The van der Waals surface area contributed by atoms with Crippen LogP contribution in [0.25, 0.3) is 0 Å². The second-order valence-corrected chi connectivity index (χ2v) is 4.25. The van der Waals surface area contributed by atoms with E-state index in [1.54, 1.807) is 16.9 Å². The molecule has 1 fully saturated rings. The van der Waals surface area contributed by atoms with Crippen LogP contribution in [0.5, 0.6) is 0 Å². The van der Waals surface area contributed by atoms with E-state index < -0.39 is 0 Å². The van der Waals surface area contributed by atoms with Crippen LogP contribution in [-0.2, 0) is 0 Å². The van der Waals surface area contributed by atoms with Crippen molar-refractivity contribution in [3.63, 3.8) is 0 Å². The van der Waals surface area contributed by atoms with Gasteiger partial charge < -0.3 is 0 Å². The summed E-state index contributed by atoms with van der Waals surface area (Å²) in [6.45, 7) is 0. The molecular formula is C3H6Ge. The van der Waals surface area contributed by atoms with E-state index in [2.05, 4.69) is 0 Å². The second kappa shape index (κ2) is 1.11. The van der Waals surface area contributed by atoms with Crippen molar-refractivity contribution < 1.29 is 0 Å². The average Bonchev–Trinajstić information content (AvgIpc) is 0.722. The fourth-order valence-corrected chi connectivity index (χ4v) is 0.919. The first-order valence-corrected chi connectivity index (χ1v) is 4.67. The number of rotatable bonds is 0. The Morgan fingerprint density at radius 1 is 1.25 bits per heavy atom. The zero-order valence-corrected chi connectivity index (χ0v) is 4.72. The first-order valence-electron chi connectivity index (χ1n) is 1.71. The third-order valence-corrected chi connectivity index (χ3v) is 3.67. The molecule has 0 aromatic carbocycles. The van der Waals surface area contributed by atoms with Crippen LogP contribution in [0.2, 0.25) is 10.5 Å². The molecule has 0 atom stereocenters. The van der Waals surface area contributed by atoms with Gasteiger partial charge in [-0.2, -0.15) is 0 Å². The van der Waals surface area contributed by atoms with Crippen molar-refractivity contribution in [1.82, 2.24) is 0 Å². The maximum absolute atomic E-state index is 1.62. The molecule has 0 unspecified atom stereocenters. The van der Waals surface area contributed by atoms with Gasteiger partial charge in [0.15, 0.2) is 0 Å². The van der Waals surface area contributed by atoms with Gasteiger partial charge in [0, 0.05) is 0 Å². The van der Waals surface area contributed by atoms with Gasteiger partial charge in [0.1, 0.15) is 0 Å². The fraction of sp³-hybridized carbons (Fsp3) is 1.00. The van der Waals surface area contributed by atoms with Crippen LogP contribution in [0.1, 0.15) is 6.42 Å². The third-order valence-electron chi connectivity index (χ3n) is 0.707. The Bertz CT molecular complexity index is 11.2. The van der Waals surface area contributed by atoms with Gasteiger partial charge in [-0.05, 0) is 0 Å². The minimum atomic E-state index is 0.694. The van der Waals surface area contributed by atoms with Crippen molar-refractivity contribution in [2.45, 2.75) is 16.9 Å². The second-order valence-electron chi connectivity index (χ2n) is 1.10. The fourth-order valence-electron chi connectivity index (χ4n) is 0.177. The van der Waals surface area contributed by atoms with Gasteiger partial charge in [0.25, 0.3) is 0 Å². The summed E-state index contributed by atoms with van der Waals surface area (Å²) in [5.74, 6) is 0. The van der Waals surface area contributed by atoms with E-state index in [1.807, 2.05) is 0 Å². The molecule has 0 saturated carbocycles. The van der Waals surface area contributed by atoms with Gasteiger partial charge >= 0.3 is 32.4 Å². The van der Waals surface area contributed by atoms with E-state index in [9.17, 15) is 0 Å². The summed E-state index contributed by atoms with van der Waals surface area (Å²) < 4.78 is 0. The zero-order chi connectivity index (χ0) is 2.83. The van der Waals surface area contributed by atoms with Gasteiger partial charge in [0.2, 0.25) is 0 Å². The van der Waals surface area contributed by atoms with E-state index in [0.29, 0.717) is 15.4 Å². The summed E-state index contributed by atoms with van der Waals surface area (Å²) >= 11 is 0.694. The predicted molar refractivity (Wildman–Crippen MR) is 20.0 cm³/mol. The molecule has 0 amide bonds. The Hall–Kier alpha value is 0.543. The van der Waals surface area contributed by atoms with Crippen molar-refractivity contribution in [2.24, 2.45) is 0 Å². The van der Waals surface area contributed by atoms with E-state index in [4.69, 9.17) is 0 Å². The Morgan fingerprint density at radius 2 is 1.50 bits per heavy atom. The van der Waals surface area contributed by atoms with Gasteiger partial charge in [-0.25, -0.2) is 0 Å². The molecule has 0 spiro atoms. The van der Waals surface area contributed by atoms with Gasteiger partial charge in [-0.1, -0.05) is 0 Å². The normalized spacial score (nSPS) is 24.0. The van der Waals surface area contributed by atoms with Gasteiger partial charge in [-0.15, -0.1) is 0 Å². The molecule has 1 rings (SSSR count). The third kappa shape index (κ3) is 0.293. The van der Waals surface area contributed by atoms with Crippen LogP contribution >= 0.6 is 0 Å². The van der Waals surface area contributed by atoms with Gasteiger partial charge in [-0.3, -0.25) is 0 Å². The van der Waals surface area contributed by atoms with Crippen LogP contribution in [0.3, 0.4) is 0 Å². The van der Waals surface area contributed by atoms with Crippen molar-refractivity contribution in [3.05, 3.63) is 0 Å². The molecule has 0 bridgehead atoms. The van der Waals surface area contributed by atoms with Crippen molar-refractivity contribution in [3.8, 4) is 0 Å². The molecule has 4 heavy (non-hydrogen) atoms. The predicted octanol–water partition coefficient (Wildman–Crippen LogP) is 0.931. The summed E-state index contributed by atoms with van der Waals surface area (Å²) in [4.78, 5) is 0. The summed E-state index contributed by atoms with van der Waals surface area (Å²) in [7, 11) is 0. The Morgan fingerprint density at radius 3 is 1.50 bits per heavy atom. The van der Waals surface area contributed by atoms with Crippen molar-refractivity contribution in [1.29, 1.82) is 0 Å². The van der Waals surface area contributed by atoms with Crippen LogP contribution < -0.4 is 0 Å².